The Labute approximate surface area is 118 Å². The number of ether oxygens (including phenoxy) is 1. The second kappa shape index (κ2) is 6.70. The number of hydrogen-bond donors (Lipinski definition) is 1. The first-order valence-corrected chi connectivity index (χ1v) is 6.58. The van der Waals surface area contributed by atoms with Crippen molar-refractivity contribution in [2.24, 2.45) is 0 Å². The lowest BCUT2D eigenvalue weighted by Gasteiger charge is -2.10. The maximum atomic E-state index is 6.31. The number of aryl methyl sites for hydroxylation is 1. The van der Waals surface area contributed by atoms with Crippen molar-refractivity contribution in [1.82, 2.24) is 14.9 Å². The van der Waals surface area contributed by atoms with Crippen LogP contribution >= 0.6 is 11.6 Å². The Hall–Kier alpha value is -1.36. The van der Waals surface area contributed by atoms with E-state index in [-0.39, 0.29) is 0 Å². The second-order valence-corrected chi connectivity index (χ2v) is 4.70. The number of imidazole rings is 1. The summed E-state index contributed by atoms with van der Waals surface area (Å²) in [6, 6.07) is 6.05. The minimum atomic E-state index is 0.698. The van der Waals surface area contributed by atoms with Crippen molar-refractivity contribution < 1.29 is 4.74 Å². The van der Waals surface area contributed by atoms with Gasteiger partial charge in [0, 0.05) is 43.3 Å². The third kappa shape index (κ3) is 3.56. The smallest absolute Gasteiger partial charge is 0.110 e. The van der Waals surface area contributed by atoms with Crippen molar-refractivity contribution in [2.45, 2.75) is 13.5 Å². The molecule has 1 N–H and O–H groups in total. The second-order valence-electron chi connectivity index (χ2n) is 4.29. The summed E-state index contributed by atoms with van der Waals surface area (Å²) in [6.07, 6.45) is 3.71. The first kappa shape index (κ1) is 14.1. The van der Waals surface area contributed by atoms with E-state index in [2.05, 4.69) is 10.3 Å². The molecule has 0 spiro atoms. The highest BCUT2D eigenvalue weighted by Gasteiger charge is 2.05. The zero-order valence-electron chi connectivity index (χ0n) is 11.2. The highest BCUT2D eigenvalue weighted by molar-refractivity contribution is 6.31. The van der Waals surface area contributed by atoms with Gasteiger partial charge in [-0.2, -0.15) is 0 Å². The fourth-order valence-corrected chi connectivity index (χ4v) is 2.12. The molecule has 102 valence electrons. The van der Waals surface area contributed by atoms with Gasteiger partial charge in [-0.3, -0.25) is 0 Å². The van der Waals surface area contributed by atoms with Gasteiger partial charge in [-0.1, -0.05) is 17.7 Å². The molecule has 0 aliphatic heterocycles. The predicted molar refractivity (Wildman–Crippen MR) is 76.9 cm³/mol. The van der Waals surface area contributed by atoms with Gasteiger partial charge in [0.1, 0.15) is 5.82 Å². The number of nitrogens with one attached hydrogen (secondary N) is 1. The largest absolute Gasteiger partial charge is 0.383 e. The molecular weight excluding hydrogens is 262 g/mol. The highest BCUT2D eigenvalue weighted by Crippen LogP contribution is 2.21. The first-order valence-electron chi connectivity index (χ1n) is 6.21. The van der Waals surface area contributed by atoms with Crippen molar-refractivity contribution >= 4 is 11.6 Å². The minimum absolute atomic E-state index is 0.698. The summed E-state index contributed by atoms with van der Waals surface area (Å²) in [6.45, 7) is 4.22. The molecule has 0 saturated carbocycles. The number of rotatable bonds is 6. The Morgan fingerprint density at radius 3 is 2.89 bits per heavy atom. The van der Waals surface area contributed by atoms with E-state index < -0.39 is 0 Å². The van der Waals surface area contributed by atoms with Gasteiger partial charge in [0.15, 0.2) is 0 Å². The topological polar surface area (TPSA) is 39.1 Å². The van der Waals surface area contributed by atoms with Crippen LogP contribution in [0.1, 0.15) is 11.4 Å². The van der Waals surface area contributed by atoms with Gasteiger partial charge in [-0.15, -0.1) is 0 Å². The summed E-state index contributed by atoms with van der Waals surface area (Å²) in [5.74, 6) is 0.946. The van der Waals surface area contributed by atoms with Crippen molar-refractivity contribution in [1.29, 1.82) is 0 Å². The zero-order valence-corrected chi connectivity index (χ0v) is 11.9. The molecule has 2 aromatic rings. The fourth-order valence-electron chi connectivity index (χ4n) is 1.88. The van der Waals surface area contributed by atoms with Crippen molar-refractivity contribution in [3.05, 3.63) is 47.0 Å². The Balaban J connectivity index is 2.07. The van der Waals surface area contributed by atoms with E-state index in [4.69, 9.17) is 16.3 Å². The van der Waals surface area contributed by atoms with Gasteiger partial charge >= 0.3 is 0 Å². The Kier molecular flexibility index (Phi) is 4.96. The van der Waals surface area contributed by atoms with E-state index in [0.717, 1.165) is 35.2 Å². The van der Waals surface area contributed by atoms with Crippen molar-refractivity contribution in [2.75, 3.05) is 20.3 Å². The molecule has 0 atom stereocenters. The van der Waals surface area contributed by atoms with Crippen LogP contribution in [0, 0.1) is 6.92 Å². The van der Waals surface area contributed by atoms with Crippen LogP contribution in [0.4, 0.5) is 0 Å². The van der Waals surface area contributed by atoms with Crippen molar-refractivity contribution in [3.8, 4) is 5.69 Å². The molecule has 0 radical (unpaired) electrons. The van der Waals surface area contributed by atoms with Crippen LogP contribution in [0.15, 0.2) is 30.6 Å². The van der Waals surface area contributed by atoms with Crippen LogP contribution in [0.5, 0.6) is 0 Å². The van der Waals surface area contributed by atoms with Gasteiger partial charge in [-0.05, 0) is 24.6 Å². The summed E-state index contributed by atoms with van der Waals surface area (Å²) in [4.78, 5) is 4.21. The normalized spacial score (nSPS) is 10.9. The van der Waals surface area contributed by atoms with E-state index in [9.17, 15) is 0 Å². The molecule has 0 aliphatic carbocycles. The van der Waals surface area contributed by atoms with Gasteiger partial charge in [0.05, 0.1) is 6.61 Å². The van der Waals surface area contributed by atoms with E-state index >= 15 is 0 Å². The average molecular weight is 280 g/mol. The standard InChI is InChI=1S/C14H18ClN3O/c1-11-17-5-7-18(11)13-4-3-12(14(15)9-13)10-16-6-8-19-2/h3-5,7,9,16H,6,8,10H2,1-2H3. The van der Waals surface area contributed by atoms with Gasteiger partial charge in [-0.25, -0.2) is 4.98 Å². The van der Waals surface area contributed by atoms with Crippen LogP contribution in [-0.4, -0.2) is 29.8 Å². The van der Waals surface area contributed by atoms with Crippen LogP contribution in [-0.2, 0) is 11.3 Å². The molecule has 5 heteroatoms. The number of hydrogen-bond acceptors (Lipinski definition) is 3. The van der Waals surface area contributed by atoms with Crippen LogP contribution in [0.3, 0.4) is 0 Å². The molecule has 0 saturated heterocycles. The average Bonchev–Trinajstić information content (AvgIpc) is 2.82. The molecule has 0 unspecified atom stereocenters. The number of nitrogens with zero attached hydrogens (tertiary/aromatic N) is 2. The molecule has 1 aromatic carbocycles. The maximum absolute atomic E-state index is 6.31. The molecule has 2 rings (SSSR count). The molecule has 4 nitrogen and oxygen atoms in total. The molecule has 0 fully saturated rings. The lowest BCUT2D eigenvalue weighted by molar-refractivity contribution is 0.199. The molecule has 19 heavy (non-hydrogen) atoms. The third-order valence-corrected chi connectivity index (χ3v) is 3.29. The third-order valence-electron chi connectivity index (χ3n) is 2.94. The summed E-state index contributed by atoms with van der Waals surface area (Å²) in [7, 11) is 1.69. The summed E-state index contributed by atoms with van der Waals surface area (Å²) >= 11 is 6.31. The molecular formula is C14H18ClN3O. The molecule has 0 amide bonds. The SMILES string of the molecule is COCCNCc1ccc(-n2ccnc2C)cc1Cl. The molecule has 1 aromatic heterocycles. The summed E-state index contributed by atoms with van der Waals surface area (Å²) in [5, 5.41) is 4.04. The molecule has 1 heterocycles. The summed E-state index contributed by atoms with van der Waals surface area (Å²) < 4.78 is 6.99. The number of halogens is 1. The maximum Gasteiger partial charge on any atom is 0.110 e. The fraction of sp³-hybridized carbons (Fsp3) is 0.357. The van der Waals surface area contributed by atoms with Crippen molar-refractivity contribution in [3.63, 3.8) is 0 Å². The highest BCUT2D eigenvalue weighted by atomic mass is 35.5. The monoisotopic (exact) mass is 279 g/mol. The molecule has 0 bridgehead atoms. The Morgan fingerprint density at radius 2 is 2.26 bits per heavy atom. The van der Waals surface area contributed by atoms with E-state index in [1.54, 1.807) is 13.3 Å². The quantitative estimate of drug-likeness (QED) is 0.826. The van der Waals surface area contributed by atoms with Crippen LogP contribution in [0.2, 0.25) is 5.02 Å². The molecule has 0 aliphatic rings. The van der Waals surface area contributed by atoms with Gasteiger partial charge in [0.2, 0.25) is 0 Å². The van der Waals surface area contributed by atoms with E-state index in [1.165, 1.54) is 0 Å². The minimum Gasteiger partial charge on any atom is -0.383 e. The predicted octanol–water partition coefficient (Wildman–Crippen LogP) is 2.57. The summed E-state index contributed by atoms with van der Waals surface area (Å²) in [5.41, 5.74) is 2.11. The van der Waals surface area contributed by atoms with Crippen LogP contribution < -0.4 is 5.32 Å². The lowest BCUT2D eigenvalue weighted by atomic mass is 10.2. The van der Waals surface area contributed by atoms with E-state index in [0.29, 0.717) is 6.61 Å². The number of methoxy groups -OCH3 is 1. The Morgan fingerprint density at radius 1 is 1.42 bits per heavy atom. The van der Waals surface area contributed by atoms with Gasteiger partial charge < -0.3 is 14.6 Å². The lowest BCUT2D eigenvalue weighted by Crippen LogP contribution is -2.18. The first-order chi connectivity index (χ1) is 9.22. The van der Waals surface area contributed by atoms with E-state index in [1.807, 2.05) is 35.9 Å². The number of aromatic nitrogens is 2. The Bertz CT molecular complexity index is 539. The zero-order chi connectivity index (χ0) is 13.7. The van der Waals surface area contributed by atoms with Gasteiger partial charge in [0.25, 0.3) is 0 Å². The van der Waals surface area contributed by atoms with Crippen LogP contribution in [0.25, 0.3) is 5.69 Å². The number of benzene rings is 1.